The maximum Gasteiger partial charge on any atom is 0.161 e. The van der Waals surface area contributed by atoms with Crippen LogP contribution in [0.3, 0.4) is 0 Å². The molecule has 3 rings (SSSR count). The molecule has 2 heterocycles. The molecule has 0 aliphatic carbocycles. The van der Waals surface area contributed by atoms with E-state index in [1.54, 1.807) is 6.26 Å². The molecule has 0 fully saturated rings. The van der Waals surface area contributed by atoms with E-state index in [1.165, 1.54) is 0 Å². The second-order valence-corrected chi connectivity index (χ2v) is 4.64. The van der Waals surface area contributed by atoms with Gasteiger partial charge in [-0.25, -0.2) is 0 Å². The fourth-order valence-electron chi connectivity index (χ4n) is 2.11. The summed E-state index contributed by atoms with van der Waals surface area (Å²) in [5, 5.41) is 3.39. The number of rotatable bonds is 4. The molecular weight excluding hydrogens is 242 g/mol. The summed E-state index contributed by atoms with van der Waals surface area (Å²) in [7, 11) is 0. The van der Waals surface area contributed by atoms with E-state index in [9.17, 15) is 0 Å². The minimum Gasteiger partial charge on any atom is -0.486 e. The number of para-hydroxylation sites is 2. The van der Waals surface area contributed by atoms with Crippen molar-refractivity contribution in [2.75, 3.05) is 13.2 Å². The first-order chi connectivity index (χ1) is 9.33. The zero-order valence-corrected chi connectivity index (χ0v) is 10.8. The molecule has 4 nitrogen and oxygen atoms in total. The number of nitrogens with one attached hydrogen (secondary N) is 1. The van der Waals surface area contributed by atoms with Gasteiger partial charge in [-0.1, -0.05) is 12.1 Å². The van der Waals surface area contributed by atoms with Crippen LogP contribution in [-0.4, -0.2) is 19.3 Å². The zero-order chi connectivity index (χ0) is 13.1. The molecule has 1 aliphatic rings. The van der Waals surface area contributed by atoms with E-state index in [4.69, 9.17) is 13.9 Å². The van der Waals surface area contributed by atoms with Crippen LogP contribution in [-0.2, 0) is 0 Å². The molecule has 0 saturated carbocycles. The van der Waals surface area contributed by atoms with Crippen LogP contribution in [0.25, 0.3) is 0 Å². The Morgan fingerprint density at radius 1 is 1.21 bits per heavy atom. The van der Waals surface area contributed by atoms with Gasteiger partial charge >= 0.3 is 0 Å². The van der Waals surface area contributed by atoms with Gasteiger partial charge in [0.1, 0.15) is 18.5 Å². The highest BCUT2D eigenvalue weighted by atomic mass is 16.6. The molecule has 0 radical (unpaired) electrons. The Morgan fingerprint density at radius 2 is 2.05 bits per heavy atom. The van der Waals surface area contributed by atoms with Crippen LogP contribution in [0.15, 0.2) is 47.1 Å². The molecule has 2 atom stereocenters. The molecule has 4 heteroatoms. The first-order valence-electron chi connectivity index (χ1n) is 6.48. The number of ether oxygens (including phenoxy) is 2. The maximum atomic E-state index is 5.88. The monoisotopic (exact) mass is 259 g/mol. The van der Waals surface area contributed by atoms with Crippen LogP contribution in [0.1, 0.15) is 18.7 Å². The van der Waals surface area contributed by atoms with Gasteiger partial charge in [-0.05, 0) is 31.2 Å². The van der Waals surface area contributed by atoms with Gasteiger partial charge in [-0.15, -0.1) is 0 Å². The summed E-state index contributed by atoms with van der Waals surface area (Å²) in [4.78, 5) is 0. The quantitative estimate of drug-likeness (QED) is 0.917. The van der Waals surface area contributed by atoms with E-state index >= 15 is 0 Å². The van der Waals surface area contributed by atoms with Crippen LogP contribution in [0, 0.1) is 0 Å². The third kappa shape index (κ3) is 2.74. The molecule has 2 unspecified atom stereocenters. The predicted octanol–water partition coefficient (Wildman–Crippen LogP) is 2.77. The SMILES string of the molecule is CC(NCC1COc2ccccc2O1)c1ccco1. The smallest absolute Gasteiger partial charge is 0.161 e. The summed E-state index contributed by atoms with van der Waals surface area (Å²) in [5.41, 5.74) is 0. The van der Waals surface area contributed by atoms with Crippen LogP contribution in [0.2, 0.25) is 0 Å². The number of fused-ring (bicyclic) bond motifs is 1. The van der Waals surface area contributed by atoms with Crippen molar-refractivity contribution < 1.29 is 13.9 Å². The number of furan rings is 1. The van der Waals surface area contributed by atoms with Crippen molar-refractivity contribution >= 4 is 0 Å². The van der Waals surface area contributed by atoms with E-state index in [2.05, 4.69) is 12.2 Å². The number of hydrogen-bond acceptors (Lipinski definition) is 4. The molecule has 1 aromatic heterocycles. The number of benzene rings is 1. The van der Waals surface area contributed by atoms with Gasteiger partial charge in [0.05, 0.1) is 12.3 Å². The third-order valence-corrected chi connectivity index (χ3v) is 3.19. The van der Waals surface area contributed by atoms with Crippen molar-refractivity contribution in [2.45, 2.75) is 19.1 Å². The van der Waals surface area contributed by atoms with Crippen molar-refractivity contribution in [1.82, 2.24) is 5.32 Å². The van der Waals surface area contributed by atoms with Crippen molar-refractivity contribution in [3.05, 3.63) is 48.4 Å². The highest BCUT2D eigenvalue weighted by Crippen LogP contribution is 2.30. The third-order valence-electron chi connectivity index (χ3n) is 3.19. The zero-order valence-electron chi connectivity index (χ0n) is 10.8. The van der Waals surface area contributed by atoms with Crippen molar-refractivity contribution in [3.63, 3.8) is 0 Å². The molecule has 0 saturated heterocycles. The first kappa shape index (κ1) is 12.1. The van der Waals surface area contributed by atoms with Gasteiger partial charge in [0, 0.05) is 6.54 Å². The Kier molecular flexibility index (Phi) is 3.42. The van der Waals surface area contributed by atoms with Crippen molar-refractivity contribution in [3.8, 4) is 11.5 Å². The van der Waals surface area contributed by atoms with Gasteiger partial charge in [-0.2, -0.15) is 0 Å². The lowest BCUT2D eigenvalue weighted by Crippen LogP contribution is -2.39. The topological polar surface area (TPSA) is 43.6 Å². The van der Waals surface area contributed by atoms with Gasteiger partial charge < -0.3 is 19.2 Å². The molecule has 100 valence electrons. The Hall–Kier alpha value is -1.94. The van der Waals surface area contributed by atoms with Crippen LogP contribution in [0.4, 0.5) is 0 Å². The van der Waals surface area contributed by atoms with E-state index in [-0.39, 0.29) is 12.1 Å². The second-order valence-electron chi connectivity index (χ2n) is 4.64. The molecule has 1 aliphatic heterocycles. The number of hydrogen-bond donors (Lipinski definition) is 1. The second kappa shape index (κ2) is 5.36. The minimum atomic E-state index is 0.0207. The van der Waals surface area contributed by atoms with Gasteiger partial charge in [0.15, 0.2) is 11.5 Å². The molecule has 1 aromatic carbocycles. The molecule has 0 spiro atoms. The summed E-state index contributed by atoms with van der Waals surface area (Å²) < 4.78 is 16.9. The molecule has 1 N–H and O–H groups in total. The molecule has 0 bridgehead atoms. The highest BCUT2D eigenvalue weighted by molar-refractivity contribution is 5.40. The lowest BCUT2D eigenvalue weighted by molar-refractivity contribution is 0.0880. The summed E-state index contributed by atoms with van der Waals surface area (Å²) in [6.07, 6.45) is 1.71. The molecular formula is C15H17NO3. The molecule has 0 amide bonds. The fraction of sp³-hybridized carbons (Fsp3) is 0.333. The first-order valence-corrected chi connectivity index (χ1v) is 6.48. The van der Waals surface area contributed by atoms with Gasteiger partial charge in [0.25, 0.3) is 0 Å². The fourth-order valence-corrected chi connectivity index (χ4v) is 2.11. The average Bonchev–Trinajstić information content (AvgIpc) is 2.99. The summed E-state index contributed by atoms with van der Waals surface area (Å²) >= 11 is 0. The minimum absolute atomic E-state index is 0.0207. The molecule has 2 aromatic rings. The lowest BCUT2D eigenvalue weighted by atomic mass is 10.2. The standard InChI is InChI=1S/C15H17NO3/c1-11(13-7-4-8-17-13)16-9-12-10-18-14-5-2-3-6-15(14)19-12/h2-8,11-12,16H,9-10H2,1H3. The Labute approximate surface area is 112 Å². The Morgan fingerprint density at radius 3 is 2.84 bits per heavy atom. The van der Waals surface area contributed by atoms with Crippen LogP contribution >= 0.6 is 0 Å². The highest BCUT2D eigenvalue weighted by Gasteiger charge is 2.21. The van der Waals surface area contributed by atoms with Crippen LogP contribution in [0.5, 0.6) is 11.5 Å². The predicted molar refractivity (Wildman–Crippen MR) is 71.5 cm³/mol. The lowest BCUT2D eigenvalue weighted by Gasteiger charge is -2.27. The largest absolute Gasteiger partial charge is 0.486 e. The Balaban J connectivity index is 1.55. The van der Waals surface area contributed by atoms with E-state index < -0.39 is 0 Å². The van der Waals surface area contributed by atoms with E-state index in [0.29, 0.717) is 6.61 Å². The maximum absolute atomic E-state index is 5.88. The molecule has 19 heavy (non-hydrogen) atoms. The normalized spacial score (nSPS) is 19.1. The van der Waals surface area contributed by atoms with Gasteiger partial charge in [0.2, 0.25) is 0 Å². The van der Waals surface area contributed by atoms with Gasteiger partial charge in [-0.3, -0.25) is 0 Å². The van der Waals surface area contributed by atoms with E-state index in [1.807, 2.05) is 36.4 Å². The average molecular weight is 259 g/mol. The summed E-state index contributed by atoms with van der Waals surface area (Å²) in [6, 6.07) is 11.8. The van der Waals surface area contributed by atoms with E-state index in [0.717, 1.165) is 23.8 Å². The summed E-state index contributed by atoms with van der Waals surface area (Å²) in [6.45, 7) is 3.35. The Bertz CT molecular complexity index is 524. The van der Waals surface area contributed by atoms with Crippen molar-refractivity contribution in [1.29, 1.82) is 0 Å². The summed E-state index contributed by atoms with van der Waals surface area (Å²) in [5.74, 6) is 2.56. The van der Waals surface area contributed by atoms with Crippen LogP contribution < -0.4 is 14.8 Å². The van der Waals surface area contributed by atoms with Crippen molar-refractivity contribution in [2.24, 2.45) is 0 Å².